The van der Waals surface area contributed by atoms with Gasteiger partial charge in [-0.2, -0.15) is 0 Å². The van der Waals surface area contributed by atoms with Gasteiger partial charge < -0.3 is 20.4 Å². The number of carboxylic acid groups (broad SMARTS) is 1. The van der Waals surface area contributed by atoms with Gasteiger partial charge in [-0.1, -0.05) is 5.57 Å². The molecule has 0 aliphatic carbocycles. The SMILES string of the molecule is CC(C)=CC(=O)O.OCC(O)CO. The number of hydrogen-bond donors (Lipinski definition) is 4. The van der Waals surface area contributed by atoms with Crippen molar-refractivity contribution in [3.8, 4) is 0 Å². The van der Waals surface area contributed by atoms with Crippen LogP contribution in [0.5, 0.6) is 0 Å². The minimum atomic E-state index is -0.954. The number of rotatable bonds is 3. The van der Waals surface area contributed by atoms with E-state index in [1.54, 1.807) is 13.8 Å². The Morgan fingerprint density at radius 2 is 1.69 bits per heavy atom. The maximum atomic E-state index is 9.73. The minimum Gasteiger partial charge on any atom is -0.478 e. The zero-order chi connectivity index (χ0) is 10.9. The molecule has 0 aromatic carbocycles. The first-order valence-electron chi connectivity index (χ1n) is 3.71. The summed E-state index contributed by atoms with van der Waals surface area (Å²) in [7, 11) is 0. The smallest absolute Gasteiger partial charge is 0.328 e. The number of allylic oxidation sites excluding steroid dienone is 1. The van der Waals surface area contributed by atoms with Gasteiger partial charge in [-0.15, -0.1) is 0 Å². The fourth-order valence-corrected chi connectivity index (χ4v) is 0.305. The van der Waals surface area contributed by atoms with Gasteiger partial charge in [0.2, 0.25) is 0 Å². The number of aliphatic carboxylic acids is 1. The quantitative estimate of drug-likeness (QED) is 0.446. The molecule has 0 rings (SSSR count). The van der Waals surface area contributed by atoms with Gasteiger partial charge in [0.05, 0.1) is 13.2 Å². The molecule has 0 aliphatic rings. The fraction of sp³-hybridized carbons (Fsp3) is 0.625. The zero-order valence-electron chi connectivity index (χ0n) is 7.77. The number of aliphatic hydroxyl groups excluding tert-OH is 3. The van der Waals surface area contributed by atoms with E-state index in [1.807, 2.05) is 0 Å². The van der Waals surface area contributed by atoms with Gasteiger partial charge in [0.15, 0.2) is 0 Å². The molecular formula is C8H16O5. The van der Waals surface area contributed by atoms with Crippen molar-refractivity contribution in [3.05, 3.63) is 11.6 Å². The van der Waals surface area contributed by atoms with Gasteiger partial charge in [-0.25, -0.2) is 4.79 Å². The Morgan fingerprint density at radius 3 is 1.69 bits per heavy atom. The Kier molecular flexibility index (Phi) is 10.3. The zero-order valence-corrected chi connectivity index (χ0v) is 7.77. The highest BCUT2D eigenvalue weighted by Gasteiger charge is 1.93. The first kappa shape index (κ1) is 14.6. The molecule has 0 bridgehead atoms. The van der Waals surface area contributed by atoms with E-state index in [2.05, 4.69) is 0 Å². The predicted octanol–water partition coefficient (Wildman–Crippen LogP) is -0.631. The molecule has 0 radical (unpaired) electrons. The average molecular weight is 192 g/mol. The summed E-state index contributed by atoms with van der Waals surface area (Å²) < 4.78 is 0. The number of carbonyl (C=O) groups is 1. The van der Waals surface area contributed by atoms with E-state index >= 15 is 0 Å². The molecule has 5 heteroatoms. The Balaban J connectivity index is 0. The minimum absolute atomic E-state index is 0.365. The maximum absolute atomic E-state index is 9.73. The molecule has 0 fully saturated rings. The molecule has 0 aromatic rings. The number of aliphatic hydroxyl groups is 3. The fourth-order valence-electron chi connectivity index (χ4n) is 0.305. The van der Waals surface area contributed by atoms with Gasteiger partial charge in [0.1, 0.15) is 6.10 Å². The van der Waals surface area contributed by atoms with E-state index in [4.69, 9.17) is 20.4 Å². The first-order chi connectivity index (χ1) is 5.93. The first-order valence-corrected chi connectivity index (χ1v) is 3.71. The van der Waals surface area contributed by atoms with Crippen LogP contribution in [0.2, 0.25) is 0 Å². The standard InChI is InChI=1S/C5H8O2.C3H8O3/c1-4(2)3-5(6)7;4-1-3(6)2-5/h3H,1-2H3,(H,6,7);3-6H,1-2H2. The summed E-state index contributed by atoms with van der Waals surface area (Å²) in [5.41, 5.74) is 0.813. The molecule has 13 heavy (non-hydrogen) atoms. The number of hydrogen-bond acceptors (Lipinski definition) is 4. The molecule has 0 unspecified atom stereocenters. The Hall–Kier alpha value is -0.910. The van der Waals surface area contributed by atoms with E-state index in [0.717, 1.165) is 5.57 Å². The van der Waals surface area contributed by atoms with Crippen LogP contribution in [-0.2, 0) is 4.79 Å². The van der Waals surface area contributed by atoms with E-state index in [1.165, 1.54) is 6.08 Å². The van der Waals surface area contributed by atoms with E-state index in [-0.39, 0.29) is 13.2 Å². The van der Waals surface area contributed by atoms with E-state index in [0.29, 0.717) is 0 Å². The highest BCUT2D eigenvalue weighted by Crippen LogP contribution is 1.85. The molecule has 0 heterocycles. The lowest BCUT2D eigenvalue weighted by Gasteiger charge is -1.96. The summed E-state index contributed by atoms with van der Waals surface area (Å²) in [4.78, 5) is 9.73. The molecule has 5 nitrogen and oxygen atoms in total. The lowest BCUT2D eigenvalue weighted by Crippen LogP contribution is -2.15. The highest BCUT2D eigenvalue weighted by atomic mass is 16.4. The Labute approximate surface area is 76.9 Å². The van der Waals surface area contributed by atoms with Crippen LogP contribution in [0.15, 0.2) is 11.6 Å². The third-order valence-corrected chi connectivity index (χ3v) is 0.834. The lowest BCUT2D eigenvalue weighted by atomic mass is 10.3. The van der Waals surface area contributed by atoms with Crippen molar-refractivity contribution < 1.29 is 25.2 Å². The molecule has 0 aromatic heterocycles. The van der Waals surface area contributed by atoms with Gasteiger partial charge in [0, 0.05) is 6.08 Å². The van der Waals surface area contributed by atoms with Crippen molar-refractivity contribution in [1.82, 2.24) is 0 Å². The van der Waals surface area contributed by atoms with Crippen LogP contribution < -0.4 is 0 Å². The molecule has 0 saturated heterocycles. The van der Waals surface area contributed by atoms with Crippen molar-refractivity contribution in [2.45, 2.75) is 20.0 Å². The van der Waals surface area contributed by atoms with Crippen molar-refractivity contribution in [1.29, 1.82) is 0 Å². The summed E-state index contributed by atoms with van der Waals surface area (Å²) in [6, 6.07) is 0. The van der Waals surface area contributed by atoms with E-state index in [9.17, 15) is 4.79 Å². The largest absolute Gasteiger partial charge is 0.478 e. The second-order valence-corrected chi connectivity index (χ2v) is 2.58. The molecule has 0 saturated carbocycles. The van der Waals surface area contributed by atoms with E-state index < -0.39 is 12.1 Å². The molecule has 0 aliphatic heterocycles. The monoisotopic (exact) mass is 192 g/mol. The van der Waals surface area contributed by atoms with Crippen LogP contribution in [0.3, 0.4) is 0 Å². The second-order valence-electron chi connectivity index (χ2n) is 2.58. The molecular weight excluding hydrogens is 176 g/mol. The van der Waals surface area contributed by atoms with Gasteiger partial charge in [0.25, 0.3) is 0 Å². The summed E-state index contributed by atoms with van der Waals surface area (Å²) in [5.74, 6) is -0.875. The van der Waals surface area contributed by atoms with Crippen LogP contribution in [0.25, 0.3) is 0 Å². The van der Waals surface area contributed by atoms with Gasteiger partial charge in [-0.05, 0) is 13.8 Å². The Morgan fingerprint density at radius 1 is 1.31 bits per heavy atom. The Bertz CT molecular complexity index is 156. The van der Waals surface area contributed by atoms with Crippen LogP contribution in [0.4, 0.5) is 0 Å². The third-order valence-electron chi connectivity index (χ3n) is 0.834. The third kappa shape index (κ3) is 18.2. The van der Waals surface area contributed by atoms with Gasteiger partial charge in [-0.3, -0.25) is 0 Å². The van der Waals surface area contributed by atoms with Crippen molar-refractivity contribution in [2.24, 2.45) is 0 Å². The maximum Gasteiger partial charge on any atom is 0.328 e. The van der Waals surface area contributed by atoms with Crippen LogP contribution in [0.1, 0.15) is 13.8 Å². The molecule has 4 N–H and O–H groups in total. The summed E-state index contributed by atoms with van der Waals surface area (Å²) in [5, 5.41) is 32.0. The number of carboxylic acids is 1. The second kappa shape index (κ2) is 9.18. The lowest BCUT2D eigenvalue weighted by molar-refractivity contribution is -0.131. The highest BCUT2D eigenvalue weighted by molar-refractivity contribution is 5.80. The van der Waals surface area contributed by atoms with Crippen molar-refractivity contribution >= 4 is 5.97 Å². The van der Waals surface area contributed by atoms with Crippen molar-refractivity contribution in [2.75, 3.05) is 13.2 Å². The van der Waals surface area contributed by atoms with Gasteiger partial charge >= 0.3 is 5.97 Å². The summed E-state index contributed by atoms with van der Waals surface area (Å²) in [6.45, 7) is 2.76. The molecule has 78 valence electrons. The summed E-state index contributed by atoms with van der Waals surface area (Å²) in [6.07, 6.45) is 0.213. The van der Waals surface area contributed by atoms with Crippen LogP contribution in [-0.4, -0.2) is 45.7 Å². The van der Waals surface area contributed by atoms with Crippen molar-refractivity contribution in [3.63, 3.8) is 0 Å². The normalized spacial score (nSPS) is 8.77. The summed E-state index contributed by atoms with van der Waals surface area (Å²) >= 11 is 0. The molecule has 0 amide bonds. The molecule has 0 atom stereocenters. The topological polar surface area (TPSA) is 98.0 Å². The average Bonchev–Trinajstić information content (AvgIpc) is 2.01. The predicted molar refractivity (Wildman–Crippen MR) is 47.2 cm³/mol. The van der Waals surface area contributed by atoms with Crippen LogP contribution in [0, 0.1) is 0 Å². The molecule has 0 spiro atoms. The van der Waals surface area contributed by atoms with Crippen LogP contribution >= 0.6 is 0 Å².